The molecular weight excluding hydrogens is 402 g/mol. The van der Waals surface area contributed by atoms with Crippen molar-refractivity contribution in [3.8, 4) is 11.3 Å². The highest BCUT2D eigenvalue weighted by atomic mass is 35.5. The zero-order chi connectivity index (χ0) is 20.3. The second-order valence-electron chi connectivity index (χ2n) is 7.21. The molecule has 29 heavy (non-hydrogen) atoms. The molecule has 2 heterocycles. The minimum absolute atomic E-state index is 0.0474. The first-order valence-electron chi connectivity index (χ1n) is 9.68. The van der Waals surface area contributed by atoms with E-state index in [4.69, 9.17) is 16.4 Å². The maximum atomic E-state index is 6.16. The third kappa shape index (κ3) is 4.19. The summed E-state index contributed by atoms with van der Waals surface area (Å²) in [6, 6.07) is 19.1. The lowest BCUT2D eigenvalue weighted by atomic mass is 9.68. The summed E-state index contributed by atoms with van der Waals surface area (Å²) in [5.74, 6) is 0. The van der Waals surface area contributed by atoms with Crippen molar-refractivity contribution >= 4 is 23.4 Å². The van der Waals surface area contributed by atoms with Crippen LogP contribution in [0.5, 0.6) is 0 Å². The van der Waals surface area contributed by atoms with Gasteiger partial charge in [0.15, 0.2) is 5.16 Å². The number of rotatable bonds is 5. The van der Waals surface area contributed by atoms with Crippen LogP contribution in [0.3, 0.4) is 0 Å². The molecule has 1 aliphatic heterocycles. The van der Waals surface area contributed by atoms with Gasteiger partial charge in [-0.3, -0.25) is 0 Å². The average molecular weight is 426 g/mol. The van der Waals surface area contributed by atoms with E-state index in [9.17, 15) is 0 Å². The molecule has 0 N–H and O–H groups in total. The number of thioether (sulfide) groups is 1. The largest absolute Gasteiger partial charge is 0.302 e. The Bertz CT molecular complexity index is 955. The molecule has 3 aromatic rings. The minimum Gasteiger partial charge on any atom is -0.302 e. The number of hydroxylamine groups is 2. The number of hydrogen-bond donors (Lipinski definition) is 0. The normalized spacial score (nSPS) is 16.7. The Labute approximate surface area is 181 Å². The minimum atomic E-state index is -0.0474. The van der Waals surface area contributed by atoms with Crippen molar-refractivity contribution < 1.29 is 4.84 Å². The first-order valence-corrected chi connectivity index (χ1v) is 11.3. The van der Waals surface area contributed by atoms with Crippen LogP contribution in [0.2, 0.25) is 5.02 Å². The van der Waals surface area contributed by atoms with E-state index in [-0.39, 0.29) is 5.41 Å². The van der Waals surface area contributed by atoms with Gasteiger partial charge in [0.2, 0.25) is 0 Å². The first kappa shape index (κ1) is 20.4. The lowest BCUT2D eigenvalue weighted by Gasteiger charge is -2.42. The number of hydrogen-bond acceptors (Lipinski definition) is 5. The topological polar surface area (TPSA) is 38.2 Å². The van der Waals surface area contributed by atoms with Gasteiger partial charge in [0.25, 0.3) is 0 Å². The van der Waals surface area contributed by atoms with Crippen molar-refractivity contribution in [1.29, 1.82) is 0 Å². The van der Waals surface area contributed by atoms with Crippen LogP contribution in [-0.4, -0.2) is 41.5 Å². The Morgan fingerprint density at radius 3 is 2.17 bits per heavy atom. The standard InChI is InChI=1S/C23H24ClN3OS/c1-28-27-15-12-23(13-16-27,19-7-9-20(24)10-8-19)18-5-3-17(4-6-18)21-11-14-25-22(26-21)29-2/h3-11,14H,12-13,15-16H2,1-2H3. The van der Waals surface area contributed by atoms with E-state index in [0.29, 0.717) is 0 Å². The van der Waals surface area contributed by atoms with Gasteiger partial charge in [0.05, 0.1) is 12.8 Å². The molecule has 2 aromatic carbocycles. The second kappa shape index (κ2) is 8.84. The molecule has 1 fully saturated rings. The third-order valence-electron chi connectivity index (χ3n) is 5.78. The highest BCUT2D eigenvalue weighted by molar-refractivity contribution is 7.98. The smallest absolute Gasteiger partial charge is 0.187 e. The summed E-state index contributed by atoms with van der Waals surface area (Å²) < 4.78 is 0. The molecule has 0 amide bonds. The fourth-order valence-corrected chi connectivity index (χ4v) is 4.61. The van der Waals surface area contributed by atoms with E-state index < -0.39 is 0 Å². The predicted molar refractivity (Wildman–Crippen MR) is 119 cm³/mol. The number of piperidine rings is 1. The Hall–Kier alpha value is -1.92. The Morgan fingerprint density at radius 1 is 0.966 bits per heavy atom. The molecule has 1 aliphatic rings. The van der Waals surface area contributed by atoms with Crippen LogP contribution in [0.25, 0.3) is 11.3 Å². The SMILES string of the molecule is CON1CCC(c2ccc(Cl)cc2)(c2ccc(-c3ccnc(SC)n3)cc2)CC1. The fraction of sp³-hybridized carbons (Fsp3) is 0.304. The molecule has 150 valence electrons. The fourth-order valence-electron chi connectivity index (χ4n) is 4.12. The summed E-state index contributed by atoms with van der Waals surface area (Å²) in [5, 5.41) is 3.59. The maximum Gasteiger partial charge on any atom is 0.187 e. The molecule has 0 bridgehead atoms. The maximum absolute atomic E-state index is 6.16. The lowest BCUT2D eigenvalue weighted by Crippen LogP contribution is -2.42. The van der Waals surface area contributed by atoms with Gasteiger partial charge in [0, 0.05) is 35.3 Å². The zero-order valence-electron chi connectivity index (χ0n) is 16.6. The molecule has 0 unspecified atom stereocenters. The van der Waals surface area contributed by atoms with E-state index in [1.807, 2.05) is 35.7 Å². The van der Waals surface area contributed by atoms with Crippen molar-refractivity contribution in [3.63, 3.8) is 0 Å². The zero-order valence-corrected chi connectivity index (χ0v) is 18.2. The molecule has 4 nitrogen and oxygen atoms in total. The summed E-state index contributed by atoms with van der Waals surface area (Å²) in [5.41, 5.74) is 4.63. The van der Waals surface area contributed by atoms with Crippen LogP contribution in [0.4, 0.5) is 0 Å². The van der Waals surface area contributed by atoms with Gasteiger partial charge in [-0.25, -0.2) is 9.97 Å². The van der Waals surface area contributed by atoms with Crippen molar-refractivity contribution in [1.82, 2.24) is 15.0 Å². The summed E-state index contributed by atoms with van der Waals surface area (Å²) in [4.78, 5) is 14.4. The molecule has 0 aliphatic carbocycles. The Morgan fingerprint density at radius 2 is 1.59 bits per heavy atom. The van der Waals surface area contributed by atoms with E-state index in [1.54, 1.807) is 18.9 Å². The van der Waals surface area contributed by atoms with Gasteiger partial charge in [-0.1, -0.05) is 59.8 Å². The number of nitrogens with zero attached hydrogens (tertiary/aromatic N) is 3. The molecule has 1 saturated heterocycles. The van der Waals surface area contributed by atoms with Crippen molar-refractivity contribution in [2.45, 2.75) is 23.4 Å². The van der Waals surface area contributed by atoms with Crippen LogP contribution in [-0.2, 0) is 10.3 Å². The summed E-state index contributed by atoms with van der Waals surface area (Å²) in [6.07, 6.45) is 5.79. The molecule has 6 heteroatoms. The molecule has 0 atom stereocenters. The molecule has 0 saturated carbocycles. The number of halogens is 1. The Balaban J connectivity index is 1.70. The molecule has 0 radical (unpaired) electrons. The van der Waals surface area contributed by atoms with E-state index >= 15 is 0 Å². The van der Waals surface area contributed by atoms with E-state index in [1.165, 1.54) is 11.1 Å². The third-order valence-corrected chi connectivity index (χ3v) is 6.59. The van der Waals surface area contributed by atoms with Crippen LogP contribution >= 0.6 is 23.4 Å². The van der Waals surface area contributed by atoms with Gasteiger partial charge in [0.1, 0.15) is 0 Å². The highest BCUT2D eigenvalue weighted by Gasteiger charge is 2.38. The first-order chi connectivity index (χ1) is 14.1. The molecule has 0 spiro atoms. The van der Waals surface area contributed by atoms with Gasteiger partial charge >= 0.3 is 0 Å². The van der Waals surface area contributed by atoms with Crippen LogP contribution in [0.1, 0.15) is 24.0 Å². The number of aromatic nitrogens is 2. The van der Waals surface area contributed by atoms with E-state index in [0.717, 1.165) is 47.4 Å². The number of benzene rings is 2. The Kier molecular flexibility index (Phi) is 6.20. The predicted octanol–water partition coefficient (Wildman–Crippen LogP) is 5.46. The van der Waals surface area contributed by atoms with Gasteiger partial charge in [-0.2, -0.15) is 5.06 Å². The second-order valence-corrected chi connectivity index (χ2v) is 8.42. The van der Waals surface area contributed by atoms with Gasteiger partial charge in [-0.05, 0) is 48.4 Å². The lowest BCUT2D eigenvalue weighted by molar-refractivity contribution is -0.148. The molecule has 4 rings (SSSR count). The van der Waals surface area contributed by atoms with Gasteiger partial charge in [-0.15, -0.1) is 0 Å². The summed E-state index contributed by atoms with van der Waals surface area (Å²) >= 11 is 7.71. The van der Waals surface area contributed by atoms with Crippen LogP contribution < -0.4 is 0 Å². The summed E-state index contributed by atoms with van der Waals surface area (Å²) in [7, 11) is 1.74. The molecule has 1 aromatic heterocycles. The van der Waals surface area contributed by atoms with Crippen LogP contribution in [0, 0.1) is 0 Å². The average Bonchev–Trinajstić information content (AvgIpc) is 2.80. The highest BCUT2D eigenvalue weighted by Crippen LogP contribution is 2.42. The van der Waals surface area contributed by atoms with E-state index in [2.05, 4.69) is 46.4 Å². The van der Waals surface area contributed by atoms with Crippen molar-refractivity contribution in [3.05, 3.63) is 76.9 Å². The summed E-state index contributed by atoms with van der Waals surface area (Å²) in [6.45, 7) is 1.79. The monoisotopic (exact) mass is 425 g/mol. The van der Waals surface area contributed by atoms with Crippen molar-refractivity contribution in [2.75, 3.05) is 26.5 Å². The molecular formula is C23H24ClN3OS. The van der Waals surface area contributed by atoms with Crippen LogP contribution in [0.15, 0.2) is 66.0 Å². The quantitative estimate of drug-likeness (QED) is 0.400. The van der Waals surface area contributed by atoms with Gasteiger partial charge < -0.3 is 4.84 Å². The van der Waals surface area contributed by atoms with Crippen molar-refractivity contribution in [2.24, 2.45) is 0 Å².